The number of carbonyl (C=O) groups is 2. The van der Waals surface area contributed by atoms with Gasteiger partial charge in [-0.2, -0.15) is 8.78 Å². The number of alkyl halides is 2. The molecule has 0 saturated carbocycles. The van der Waals surface area contributed by atoms with Crippen LogP contribution in [0.4, 0.5) is 8.78 Å². The van der Waals surface area contributed by atoms with Crippen molar-refractivity contribution in [3.63, 3.8) is 0 Å². The van der Waals surface area contributed by atoms with E-state index in [1.165, 1.54) is 4.90 Å². The number of carbonyl (C=O) groups excluding carboxylic acids is 2. The Morgan fingerprint density at radius 3 is 2.62 bits per heavy atom. The van der Waals surface area contributed by atoms with Crippen molar-refractivity contribution in [3.05, 3.63) is 35.9 Å². The summed E-state index contributed by atoms with van der Waals surface area (Å²) in [5.74, 6) is -2.97. The molecule has 1 heterocycles. The van der Waals surface area contributed by atoms with Crippen molar-refractivity contribution in [3.8, 4) is 0 Å². The lowest BCUT2D eigenvalue weighted by atomic mass is 10.2. The summed E-state index contributed by atoms with van der Waals surface area (Å²) < 4.78 is 28.8. The van der Waals surface area contributed by atoms with Gasteiger partial charge in [0.15, 0.2) is 5.90 Å². The topological polar surface area (TPSA) is 106 Å². The number of rotatable bonds is 6. The molecule has 1 aliphatic heterocycles. The number of hydrogen-bond acceptors (Lipinski definition) is 5. The maximum absolute atomic E-state index is 12.4. The minimum atomic E-state index is -3.14. The first kappa shape index (κ1) is 19.5. The van der Waals surface area contributed by atoms with E-state index < -0.39 is 36.6 Å². The maximum Gasteiger partial charge on any atom is 0.312 e. The van der Waals surface area contributed by atoms with Crippen LogP contribution in [0.3, 0.4) is 0 Å². The number of ether oxygens (including phenoxy) is 1. The first-order valence-electron chi connectivity index (χ1n) is 8.11. The smallest absolute Gasteiger partial charge is 0.312 e. The van der Waals surface area contributed by atoms with Crippen LogP contribution in [0.25, 0.3) is 0 Å². The number of nitrogens with one attached hydrogen (secondary N) is 3. The second-order valence-corrected chi connectivity index (χ2v) is 5.82. The molecule has 3 N–H and O–H groups in total. The molecule has 0 aliphatic carbocycles. The van der Waals surface area contributed by atoms with Crippen LogP contribution in [0.15, 0.2) is 30.3 Å². The van der Waals surface area contributed by atoms with Gasteiger partial charge >= 0.3 is 6.43 Å². The first-order valence-corrected chi connectivity index (χ1v) is 8.11. The Labute approximate surface area is 149 Å². The summed E-state index contributed by atoms with van der Waals surface area (Å²) in [6, 6.07) is 8.66. The van der Waals surface area contributed by atoms with Gasteiger partial charge in [-0.15, -0.1) is 0 Å². The number of amides is 2. The highest BCUT2D eigenvalue weighted by Crippen LogP contribution is 2.19. The predicted molar refractivity (Wildman–Crippen MR) is 90.2 cm³/mol. The second kappa shape index (κ2) is 9.02. The Balaban J connectivity index is 1.87. The number of hydrogen-bond donors (Lipinski definition) is 3. The lowest BCUT2D eigenvalue weighted by molar-refractivity contribution is -0.137. The Morgan fingerprint density at radius 1 is 1.27 bits per heavy atom. The molecule has 0 aromatic heterocycles. The van der Waals surface area contributed by atoms with E-state index in [0.29, 0.717) is 25.9 Å². The second-order valence-electron chi connectivity index (χ2n) is 5.82. The van der Waals surface area contributed by atoms with E-state index >= 15 is 0 Å². The van der Waals surface area contributed by atoms with Crippen LogP contribution in [0.5, 0.6) is 0 Å². The van der Waals surface area contributed by atoms with Gasteiger partial charge in [0.05, 0.1) is 0 Å². The summed E-state index contributed by atoms with van der Waals surface area (Å²) in [5, 5.41) is 17.1. The SMILES string of the molecule is N=C(CC(=O)N1CCCC1C(=O)NCc1ccccc1)OC(=N)C(F)F. The van der Waals surface area contributed by atoms with Gasteiger partial charge in [-0.3, -0.25) is 20.4 Å². The van der Waals surface area contributed by atoms with E-state index in [2.05, 4.69) is 10.1 Å². The van der Waals surface area contributed by atoms with Gasteiger partial charge in [0.2, 0.25) is 11.8 Å². The fourth-order valence-corrected chi connectivity index (χ4v) is 2.69. The average Bonchev–Trinajstić information content (AvgIpc) is 3.10. The molecule has 9 heteroatoms. The van der Waals surface area contributed by atoms with Gasteiger partial charge in [-0.05, 0) is 18.4 Å². The van der Waals surface area contributed by atoms with Crippen LogP contribution in [0, 0.1) is 10.8 Å². The van der Waals surface area contributed by atoms with Crippen molar-refractivity contribution >= 4 is 23.6 Å². The fourth-order valence-electron chi connectivity index (χ4n) is 2.69. The molecular weight excluding hydrogens is 346 g/mol. The molecule has 1 aromatic rings. The standard InChI is InChI=1S/C17H20F2N4O3/c18-15(19)16(21)26-13(20)9-14(24)23-8-4-7-12(23)17(25)22-10-11-5-2-1-3-6-11/h1-3,5-6,12,15,20-21H,4,7-10H2,(H,22,25). The molecule has 1 saturated heterocycles. The summed E-state index contributed by atoms with van der Waals surface area (Å²) >= 11 is 0. The van der Waals surface area contributed by atoms with Crippen LogP contribution >= 0.6 is 0 Å². The van der Waals surface area contributed by atoms with Gasteiger partial charge in [0, 0.05) is 13.1 Å². The minimum Gasteiger partial charge on any atom is -0.423 e. The largest absolute Gasteiger partial charge is 0.423 e. The molecule has 1 atom stereocenters. The van der Waals surface area contributed by atoms with E-state index in [-0.39, 0.29) is 5.91 Å². The number of likely N-dealkylation sites (tertiary alicyclic amines) is 1. The summed E-state index contributed by atoms with van der Waals surface area (Å²) in [4.78, 5) is 26.0. The Bertz CT molecular complexity index is 682. The van der Waals surface area contributed by atoms with Crippen molar-refractivity contribution in [2.75, 3.05) is 6.54 Å². The molecular formula is C17H20F2N4O3. The monoisotopic (exact) mass is 366 g/mol. The molecule has 1 aliphatic rings. The zero-order chi connectivity index (χ0) is 19.1. The molecule has 0 spiro atoms. The highest BCUT2D eigenvalue weighted by molar-refractivity contribution is 6.01. The molecule has 26 heavy (non-hydrogen) atoms. The molecule has 1 unspecified atom stereocenters. The molecule has 2 rings (SSSR count). The highest BCUT2D eigenvalue weighted by Gasteiger charge is 2.34. The lowest BCUT2D eigenvalue weighted by Gasteiger charge is -2.24. The third-order valence-electron chi connectivity index (χ3n) is 3.93. The first-order chi connectivity index (χ1) is 12.4. The van der Waals surface area contributed by atoms with Crippen LogP contribution in [0.1, 0.15) is 24.8 Å². The van der Waals surface area contributed by atoms with E-state index in [0.717, 1.165) is 5.56 Å². The van der Waals surface area contributed by atoms with Crippen LogP contribution < -0.4 is 5.32 Å². The predicted octanol–water partition coefficient (Wildman–Crippen LogP) is 1.92. The maximum atomic E-state index is 12.4. The van der Waals surface area contributed by atoms with E-state index in [1.807, 2.05) is 30.3 Å². The summed E-state index contributed by atoms with van der Waals surface area (Å²) in [6.45, 7) is 0.685. The number of nitrogens with zero attached hydrogens (tertiary/aromatic N) is 1. The third kappa shape index (κ3) is 5.33. The summed E-state index contributed by atoms with van der Waals surface area (Å²) in [5.41, 5.74) is 0.928. The normalized spacial score (nSPS) is 16.4. The van der Waals surface area contributed by atoms with Crippen molar-refractivity contribution in [1.29, 1.82) is 10.8 Å². The van der Waals surface area contributed by atoms with Gasteiger partial charge < -0.3 is 15.0 Å². The Hall–Kier alpha value is -2.84. The van der Waals surface area contributed by atoms with Gasteiger partial charge in [-0.1, -0.05) is 30.3 Å². The lowest BCUT2D eigenvalue weighted by Crippen LogP contribution is -2.46. The molecule has 2 amide bonds. The van der Waals surface area contributed by atoms with Crippen LogP contribution in [-0.2, 0) is 20.9 Å². The molecule has 1 fully saturated rings. The zero-order valence-corrected chi connectivity index (χ0v) is 14.0. The molecule has 0 bridgehead atoms. The molecule has 7 nitrogen and oxygen atoms in total. The van der Waals surface area contributed by atoms with E-state index in [1.54, 1.807) is 0 Å². The van der Waals surface area contributed by atoms with Crippen LogP contribution in [-0.4, -0.2) is 47.5 Å². The van der Waals surface area contributed by atoms with Gasteiger partial charge in [0.25, 0.3) is 5.90 Å². The zero-order valence-electron chi connectivity index (χ0n) is 14.0. The van der Waals surface area contributed by atoms with Gasteiger partial charge in [-0.25, -0.2) is 0 Å². The van der Waals surface area contributed by atoms with Crippen molar-refractivity contribution in [1.82, 2.24) is 10.2 Å². The average molecular weight is 366 g/mol. The Morgan fingerprint density at radius 2 is 1.96 bits per heavy atom. The van der Waals surface area contributed by atoms with Crippen molar-refractivity contribution in [2.24, 2.45) is 0 Å². The highest BCUT2D eigenvalue weighted by atomic mass is 19.3. The summed E-state index contributed by atoms with van der Waals surface area (Å²) in [7, 11) is 0. The van der Waals surface area contributed by atoms with Crippen molar-refractivity contribution < 1.29 is 23.1 Å². The molecule has 140 valence electrons. The van der Waals surface area contributed by atoms with E-state index in [9.17, 15) is 18.4 Å². The van der Waals surface area contributed by atoms with Gasteiger partial charge in [0.1, 0.15) is 12.5 Å². The number of benzene rings is 1. The van der Waals surface area contributed by atoms with Crippen LogP contribution in [0.2, 0.25) is 0 Å². The molecule has 1 aromatic carbocycles. The number of halogens is 2. The summed E-state index contributed by atoms with van der Waals surface area (Å²) in [6.07, 6.45) is -2.59. The molecule has 0 radical (unpaired) electrons. The van der Waals surface area contributed by atoms with Crippen molar-refractivity contribution in [2.45, 2.75) is 38.3 Å². The minimum absolute atomic E-state index is 0.299. The fraction of sp³-hybridized carbons (Fsp3) is 0.412. The third-order valence-corrected chi connectivity index (χ3v) is 3.93. The van der Waals surface area contributed by atoms with E-state index in [4.69, 9.17) is 10.8 Å². The quantitative estimate of drug-likeness (QED) is 0.529. The Kier molecular flexibility index (Phi) is 6.76.